The molecule has 0 aromatic heterocycles. The molecule has 3 aromatic carbocycles. The number of hydrogen-bond acceptors (Lipinski definition) is 4. The second-order valence-electron chi connectivity index (χ2n) is 11.5. The monoisotopic (exact) mass is 692 g/mol. The van der Waals surface area contributed by atoms with E-state index in [1.807, 2.05) is 36.4 Å². The Morgan fingerprint density at radius 3 is 1.90 bits per heavy atom. The quantitative estimate of drug-likeness (QED) is 0.204. The van der Waals surface area contributed by atoms with E-state index in [2.05, 4.69) is 15.9 Å². The van der Waals surface area contributed by atoms with Crippen molar-refractivity contribution in [1.82, 2.24) is 8.61 Å². The van der Waals surface area contributed by atoms with Gasteiger partial charge < -0.3 is 0 Å². The van der Waals surface area contributed by atoms with Crippen molar-refractivity contribution in [3.63, 3.8) is 0 Å². The van der Waals surface area contributed by atoms with Crippen LogP contribution in [0.25, 0.3) is 0 Å². The third kappa shape index (κ3) is 7.66. The Labute approximate surface area is 264 Å². The number of hydrogen-bond donors (Lipinski definition) is 0. The van der Waals surface area contributed by atoms with E-state index in [9.17, 15) is 16.8 Å². The zero-order valence-corrected chi connectivity index (χ0v) is 27.6. The highest BCUT2D eigenvalue weighted by atomic mass is 79.9. The van der Waals surface area contributed by atoms with Crippen molar-refractivity contribution < 1.29 is 16.8 Å². The topological polar surface area (TPSA) is 74.8 Å². The number of sulfonamides is 2. The van der Waals surface area contributed by atoms with Crippen molar-refractivity contribution in [1.29, 1.82) is 0 Å². The number of nitrogens with zero attached hydrogens (tertiary/aromatic N) is 2. The SMILES string of the molecule is O=S(=O)(c1ccc(S(=O)(=O)N(Cc2ccc(Cl)cc2)C2CCCC2)cc1)N(Cc1cccc(Br)c1)CC1CCCCC1. The lowest BCUT2D eigenvalue weighted by molar-refractivity contribution is 0.275. The number of benzene rings is 3. The van der Waals surface area contributed by atoms with Crippen molar-refractivity contribution in [3.8, 4) is 0 Å². The lowest BCUT2D eigenvalue weighted by atomic mass is 9.89. The van der Waals surface area contributed by atoms with Crippen LogP contribution in [-0.2, 0) is 33.1 Å². The van der Waals surface area contributed by atoms with Gasteiger partial charge in [-0.15, -0.1) is 0 Å². The van der Waals surface area contributed by atoms with E-state index in [1.165, 1.54) is 30.7 Å². The van der Waals surface area contributed by atoms with Gasteiger partial charge in [-0.1, -0.05) is 83.9 Å². The van der Waals surface area contributed by atoms with E-state index in [0.717, 1.165) is 67.0 Å². The van der Waals surface area contributed by atoms with Crippen LogP contribution in [0.4, 0.5) is 0 Å². The third-order valence-corrected chi connectivity index (χ3v) is 13.0. The van der Waals surface area contributed by atoms with Crippen LogP contribution in [0, 0.1) is 5.92 Å². The molecular formula is C32H38BrClN2O4S2. The highest BCUT2D eigenvalue weighted by Gasteiger charge is 2.34. The zero-order chi connectivity index (χ0) is 29.7. The van der Waals surface area contributed by atoms with Gasteiger partial charge >= 0.3 is 0 Å². The number of rotatable bonds is 11. The minimum atomic E-state index is -3.87. The first-order valence-corrected chi connectivity index (χ1v) is 18.8. The summed E-state index contributed by atoms with van der Waals surface area (Å²) in [6.45, 7) is 0.951. The highest BCUT2D eigenvalue weighted by molar-refractivity contribution is 9.10. The minimum absolute atomic E-state index is 0.0923. The average Bonchev–Trinajstić information content (AvgIpc) is 3.52. The predicted octanol–water partition coefficient (Wildman–Crippen LogP) is 8.01. The van der Waals surface area contributed by atoms with Crippen LogP contribution < -0.4 is 0 Å². The van der Waals surface area contributed by atoms with Crippen LogP contribution in [0.3, 0.4) is 0 Å². The molecule has 10 heteroatoms. The van der Waals surface area contributed by atoms with E-state index in [0.29, 0.717) is 17.5 Å². The molecule has 2 aliphatic carbocycles. The fraction of sp³-hybridized carbons (Fsp3) is 0.438. The maximum absolute atomic E-state index is 14.0. The first-order chi connectivity index (χ1) is 20.1. The minimum Gasteiger partial charge on any atom is -0.207 e. The number of halogens is 2. The average molecular weight is 694 g/mol. The normalized spacial score (nSPS) is 17.3. The van der Waals surface area contributed by atoms with Gasteiger partial charge in [0.2, 0.25) is 20.0 Å². The van der Waals surface area contributed by atoms with E-state index >= 15 is 0 Å². The van der Waals surface area contributed by atoms with Crippen LogP contribution >= 0.6 is 27.5 Å². The summed E-state index contributed by atoms with van der Waals surface area (Å²) in [5.74, 6) is 0.313. The molecule has 6 nitrogen and oxygen atoms in total. The Balaban J connectivity index is 1.42. The molecule has 0 amide bonds. The summed E-state index contributed by atoms with van der Waals surface area (Å²) in [5.41, 5.74) is 1.76. The van der Waals surface area contributed by atoms with Gasteiger partial charge in [0, 0.05) is 35.2 Å². The van der Waals surface area contributed by atoms with Gasteiger partial charge in [-0.25, -0.2) is 16.8 Å². The molecule has 2 saturated carbocycles. The Morgan fingerprint density at radius 2 is 1.29 bits per heavy atom. The van der Waals surface area contributed by atoms with Gasteiger partial charge in [0.05, 0.1) is 9.79 Å². The Morgan fingerprint density at radius 1 is 0.690 bits per heavy atom. The molecule has 226 valence electrons. The first kappa shape index (κ1) is 31.7. The summed E-state index contributed by atoms with van der Waals surface area (Å²) in [4.78, 5) is 0.213. The van der Waals surface area contributed by atoms with Crippen LogP contribution in [0.2, 0.25) is 5.02 Å². The van der Waals surface area contributed by atoms with Crippen molar-refractivity contribution >= 4 is 47.6 Å². The first-order valence-electron chi connectivity index (χ1n) is 14.7. The van der Waals surface area contributed by atoms with Gasteiger partial charge in [0.1, 0.15) is 0 Å². The molecule has 0 bridgehead atoms. The lowest BCUT2D eigenvalue weighted by Crippen LogP contribution is -2.38. The smallest absolute Gasteiger partial charge is 0.207 e. The van der Waals surface area contributed by atoms with Crippen molar-refractivity contribution in [2.45, 2.75) is 86.7 Å². The van der Waals surface area contributed by atoms with Crippen molar-refractivity contribution in [2.24, 2.45) is 5.92 Å². The maximum Gasteiger partial charge on any atom is 0.243 e. The molecule has 0 radical (unpaired) electrons. The zero-order valence-electron chi connectivity index (χ0n) is 23.7. The third-order valence-electron chi connectivity index (χ3n) is 8.49. The largest absolute Gasteiger partial charge is 0.243 e. The Bertz CT molecular complexity index is 1550. The molecule has 5 rings (SSSR count). The summed E-state index contributed by atoms with van der Waals surface area (Å²) in [5, 5.41) is 0.600. The fourth-order valence-electron chi connectivity index (χ4n) is 6.18. The molecular weight excluding hydrogens is 656 g/mol. The predicted molar refractivity (Wildman–Crippen MR) is 171 cm³/mol. The van der Waals surface area contributed by atoms with Crippen LogP contribution in [0.15, 0.2) is 87.1 Å². The van der Waals surface area contributed by atoms with E-state index in [4.69, 9.17) is 11.6 Å². The Hall–Kier alpha value is -1.75. The van der Waals surface area contributed by atoms with Gasteiger partial charge in [0.25, 0.3) is 0 Å². The molecule has 2 fully saturated rings. The maximum atomic E-state index is 14.0. The van der Waals surface area contributed by atoms with Gasteiger partial charge in [-0.3, -0.25) is 0 Å². The molecule has 2 aliphatic rings. The molecule has 42 heavy (non-hydrogen) atoms. The van der Waals surface area contributed by atoms with Crippen LogP contribution in [0.1, 0.15) is 68.9 Å². The van der Waals surface area contributed by atoms with E-state index in [1.54, 1.807) is 20.7 Å². The summed E-state index contributed by atoms with van der Waals surface area (Å²) < 4.78 is 60.0. The highest BCUT2D eigenvalue weighted by Crippen LogP contribution is 2.32. The van der Waals surface area contributed by atoms with Crippen LogP contribution in [0.5, 0.6) is 0 Å². The van der Waals surface area contributed by atoms with Gasteiger partial charge in [-0.05, 0) is 91.3 Å². The van der Waals surface area contributed by atoms with Gasteiger partial charge in [0.15, 0.2) is 0 Å². The summed E-state index contributed by atoms with van der Waals surface area (Å²) in [6.07, 6.45) is 9.08. The second-order valence-corrected chi connectivity index (χ2v) is 16.7. The van der Waals surface area contributed by atoms with E-state index in [-0.39, 0.29) is 28.9 Å². The Kier molecular flexibility index (Phi) is 10.5. The summed E-state index contributed by atoms with van der Waals surface area (Å²) in [7, 11) is -7.73. The lowest BCUT2D eigenvalue weighted by Gasteiger charge is -2.30. The summed E-state index contributed by atoms with van der Waals surface area (Å²) in [6, 6.07) is 20.6. The molecule has 0 N–H and O–H groups in total. The molecule has 0 saturated heterocycles. The van der Waals surface area contributed by atoms with Gasteiger partial charge in [-0.2, -0.15) is 8.61 Å². The molecule has 3 aromatic rings. The van der Waals surface area contributed by atoms with E-state index < -0.39 is 20.0 Å². The molecule has 0 aliphatic heterocycles. The molecule has 0 heterocycles. The van der Waals surface area contributed by atoms with Crippen molar-refractivity contribution in [2.75, 3.05) is 6.54 Å². The standard InChI is InChI=1S/C32H38BrClN2O4S2/c33-28-10-6-9-27(21-28)23-35(22-25-7-2-1-3-8-25)41(37,38)31-17-19-32(20-18-31)42(39,40)36(30-11-4-5-12-30)24-26-13-15-29(34)16-14-26/h6,9-10,13-21,25,30H,1-5,7-8,11-12,22-24H2. The van der Waals surface area contributed by atoms with Crippen molar-refractivity contribution in [3.05, 3.63) is 93.4 Å². The second kappa shape index (κ2) is 13.9. The molecule has 0 spiro atoms. The summed E-state index contributed by atoms with van der Waals surface area (Å²) >= 11 is 9.55. The fourth-order valence-corrected chi connectivity index (χ4v) is 9.93. The molecule has 0 atom stereocenters. The molecule has 0 unspecified atom stereocenters. The van der Waals surface area contributed by atoms with Crippen LogP contribution in [-0.4, -0.2) is 38.0 Å².